The van der Waals surface area contributed by atoms with E-state index in [1.54, 1.807) is 0 Å². The van der Waals surface area contributed by atoms with Gasteiger partial charge < -0.3 is 10.1 Å². The standard InChI is InChI=1S/C18H31NO/c1-15(2)19-14-8-6-5-7-9-17-10-12-18(13-11-17)20-16(3)4/h10-13,15-16,19H,5-9,14H2,1-4H3. The van der Waals surface area contributed by atoms with Crippen molar-refractivity contribution in [1.29, 1.82) is 0 Å². The summed E-state index contributed by atoms with van der Waals surface area (Å²) in [6.07, 6.45) is 6.66. The largest absolute Gasteiger partial charge is 0.491 e. The van der Waals surface area contributed by atoms with Crippen LogP contribution >= 0.6 is 0 Å². The van der Waals surface area contributed by atoms with Gasteiger partial charge in [-0.2, -0.15) is 0 Å². The molecular formula is C18H31NO. The Balaban J connectivity index is 2.10. The Morgan fingerprint density at radius 1 is 0.900 bits per heavy atom. The Kier molecular flexibility index (Phi) is 8.36. The van der Waals surface area contributed by atoms with Gasteiger partial charge in [0.2, 0.25) is 0 Å². The van der Waals surface area contributed by atoms with Crippen LogP contribution in [0.2, 0.25) is 0 Å². The van der Waals surface area contributed by atoms with Gasteiger partial charge >= 0.3 is 0 Å². The summed E-state index contributed by atoms with van der Waals surface area (Å²) in [5.41, 5.74) is 1.42. The summed E-state index contributed by atoms with van der Waals surface area (Å²) < 4.78 is 5.65. The van der Waals surface area contributed by atoms with Crippen LogP contribution in [-0.4, -0.2) is 18.7 Å². The molecule has 0 radical (unpaired) electrons. The van der Waals surface area contributed by atoms with Gasteiger partial charge in [0.15, 0.2) is 0 Å². The van der Waals surface area contributed by atoms with Crippen LogP contribution in [0.5, 0.6) is 5.75 Å². The van der Waals surface area contributed by atoms with Gasteiger partial charge in [-0.05, 0) is 57.4 Å². The molecule has 0 aliphatic carbocycles. The molecule has 1 rings (SSSR count). The fraction of sp³-hybridized carbons (Fsp3) is 0.667. The first-order valence-corrected chi connectivity index (χ1v) is 8.07. The third kappa shape index (κ3) is 8.21. The zero-order valence-corrected chi connectivity index (χ0v) is 13.6. The molecule has 0 atom stereocenters. The fourth-order valence-corrected chi connectivity index (χ4v) is 2.21. The van der Waals surface area contributed by atoms with E-state index in [0.29, 0.717) is 6.04 Å². The Hall–Kier alpha value is -1.02. The average Bonchev–Trinajstić information content (AvgIpc) is 2.38. The van der Waals surface area contributed by atoms with Gasteiger partial charge in [0.25, 0.3) is 0 Å². The number of hydrogen-bond acceptors (Lipinski definition) is 2. The lowest BCUT2D eigenvalue weighted by Gasteiger charge is -2.10. The van der Waals surface area contributed by atoms with Crippen molar-refractivity contribution < 1.29 is 4.74 Å². The second-order valence-corrected chi connectivity index (χ2v) is 6.08. The SMILES string of the molecule is CC(C)NCCCCCCc1ccc(OC(C)C)cc1. The zero-order chi connectivity index (χ0) is 14.8. The van der Waals surface area contributed by atoms with Gasteiger partial charge in [0.1, 0.15) is 5.75 Å². The molecule has 0 aromatic heterocycles. The van der Waals surface area contributed by atoms with E-state index in [1.807, 2.05) is 0 Å². The lowest BCUT2D eigenvalue weighted by Crippen LogP contribution is -2.23. The topological polar surface area (TPSA) is 21.3 Å². The van der Waals surface area contributed by atoms with Crippen molar-refractivity contribution in [1.82, 2.24) is 5.32 Å². The molecule has 2 nitrogen and oxygen atoms in total. The number of nitrogens with one attached hydrogen (secondary N) is 1. The number of ether oxygens (including phenoxy) is 1. The molecule has 0 saturated heterocycles. The van der Waals surface area contributed by atoms with Crippen molar-refractivity contribution >= 4 is 0 Å². The Labute approximate surface area is 124 Å². The molecule has 0 saturated carbocycles. The van der Waals surface area contributed by atoms with Crippen LogP contribution in [-0.2, 0) is 6.42 Å². The number of rotatable bonds is 10. The first kappa shape index (κ1) is 17.0. The highest BCUT2D eigenvalue weighted by atomic mass is 16.5. The fourth-order valence-electron chi connectivity index (χ4n) is 2.21. The van der Waals surface area contributed by atoms with Crippen LogP contribution in [0, 0.1) is 0 Å². The average molecular weight is 277 g/mol. The van der Waals surface area contributed by atoms with E-state index in [9.17, 15) is 0 Å². The molecule has 0 spiro atoms. The van der Waals surface area contributed by atoms with Gasteiger partial charge in [0.05, 0.1) is 6.10 Å². The second kappa shape index (κ2) is 9.82. The third-order valence-electron chi connectivity index (χ3n) is 3.24. The van der Waals surface area contributed by atoms with E-state index in [2.05, 4.69) is 57.3 Å². The van der Waals surface area contributed by atoms with Crippen molar-refractivity contribution in [2.24, 2.45) is 0 Å². The molecule has 1 aromatic carbocycles. The highest BCUT2D eigenvalue weighted by molar-refractivity contribution is 5.27. The van der Waals surface area contributed by atoms with Gasteiger partial charge in [-0.1, -0.05) is 38.8 Å². The normalized spacial score (nSPS) is 11.3. The Morgan fingerprint density at radius 2 is 1.55 bits per heavy atom. The third-order valence-corrected chi connectivity index (χ3v) is 3.24. The summed E-state index contributed by atoms with van der Waals surface area (Å²) in [7, 11) is 0. The molecule has 20 heavy (non-hydrogen) atoms. The molecule has 0 amide bonds. The molecular weight excluding hydrogens is 246 g/mol. The van der Waals surface area contributed by atoms with Gasteiger partial charge in [-0.25, -0.2) is 0 Å². The first-order valence-electron chi connectivity index (χ1n) is 8.07. The van der Waals surface area contributed by atoms with Crippen molar-refractivity contribution in [3.63, 3.8) is 0 Å². The molecule has 1 aromatic rings. The molecule has 0 aliphatic rings. The lowest BCUT2D eigenvalue weighted by atomic mass is 10.1. The first-order chi connectivity index (χ1) is 9.58. The van der Waals surface area contributed by atoms with E-state index in [1.165, 1.54) is 37.7 Å². The molecule has 114 valence electrons. The molecule has 0 unspecified atom stereocenters. The summed E-state index contributed by atoms with van der Waals surface area (Å²) in [6.45, 7) is 9.67. The van der Waals surface area contributed by atoms with Gasteiger partial charge in [-0.15, -0.1) is 0 Å². The Morgan fingerprint density at radius 3 is 2.15 bits per heavy atom. The molecule has 1 N–H and O–H groups in total. The predicted octanol–water partition coefficient (Wildman–Crippen LogP) is 4.57. The predicted molar refractivity (Wildman–Crippen MR) is 87.5 cm³/mol. The smallest absolute Gasteiger partial charge is 0.119 e. The van der Waals surface area contributed by atoms with Crippen molar-refractivity contribution in [3.8, 4) is 5.75 Å². The van der Waals surface area contributed by atoms with Gasteiger partial charge in [-0.3, -0.25) is 0 Å². The summed E-state index contributed by atoms with van der Waals surface area (Å²) in [6, 6.07) is 9.17. The number of unbranched alkanes of at least 4 members (excludes halogenated alkanes) is 3. The van der Waals surface area contributed by atoms with E-state index in [4.69, 9.17) is 4.74 Å². The zero-order valence-electron chi connectivity index (χ0n) is 13.6. The monoisotopic (exact) mass is 277 g/mol. The maximum Gasteiger partial charge on any atom is 0.119 e. The number of aryl methyl sites for hydroxylation is 1. The highest BCUT2D eigenvalue weighted by Gasteiger charge is 1.99. The van der Waals surface area contributed by atoms with Crippen molar-refractivity contribution in [2.45, 2.75) is 71.9 Å². The van der Waals surface area contributed by atoms with E-state index in [0.717, 1.165) is 12.3 Å². The van der Waals surface area contributed by atoms with E-state index >= 15 is 0 Å². The van der Waals surface area contributed by atoms with Crippen LogP contribution in [0.1, 0.15) is 58.9 Å². The molecule has 0 heterocycles. The number of benzene rings is 1. The maximum atomic E-state index is 5.65. The quantitative estimate of drug-likeness (QED) is 0.632. The highest BCUT2D eigenvalue weighted by Crippen LogP contribution is 2.15. The summed E-state index contributed by atoms with van der Waals surface area (Å²) >= 11 is 0. The van der Waals surface area contributed by atoms with Crippen LogP contribution in [0.15, 0.2) is 24.3 Å². The minimum absolute atomic E-state index is 0.250. The second-order valence-electron chi connectivity index (χ2n) is 6.08. The molecule has 0 bridgehead atoms. The summed E-state index contributed by atoms with van der Waals surface area (Å²) in [5.74, 6) is 0.975. The van der Waals surface area contributed by atoms with Gasteiger partial charge in [0, 0.05) is 6.04 Å². The summed E-state index contributed by atoms with van der Waals surface area (Å²) in [5, 5.41) is 3.46. The minimum Gasteiger partial charge on any atom is -0.491 e. The number of hydrogen-bond donors (Lipinski definition) is 1. The molecule has 2 heteroatoms. The molecule has 0 aliphatic heterocycles. The lowest BCUT2D eigenvalue weighted by molar-refractivity contribution is 0.242. The van der Waals surface area contributed by atoms with Crippen molar-refractivity contribution in [2.75, 3.05) is 6.54 Å². The summed E-state index contributed by atoms with van der Waals surface area (Å²) in [4.78, 5) is 0. The van der Waals surface area contributed by atoms with Crippen LogP contribution in [0.3, 0.4) is 0 Å². The van der Waals surface area contributed by atoms with Crippen LogP contribution in [0.4, 0.5) is 0 Å². The van der Waals surface area contributed by atoms with E-state index in [-0.39, 0.29) is 6.10 Å². The maximum absolute atomic E-state index is 5.65. The Bertz CT molecular complexity index is 343. The minimum atomic E-state index is 0.250. The van der Waals surface area contributed by atoms with Crippen LogP contribution < -0.4 is 10.1 Å². The van der Waals surface area contributed by atoms with Crippen molar-refractivity contribution in [3.05, 3.63) is 29.8 Å². The molecule has 0 fully saturated rings. The van der Waals surface area contributed by atoms with Crippen LogP contribution in [0.25, 0.3) is 0 Å². The van der Waals surface area contributed by atoms with E-state index < -0.39 is 0 Å².